The lowest BCUT2D eigenvalue weighted by molar-refractivity contribution is -0.263. The van der Waals surface area contributed by atoms with Crippen molar-refractivity contribution in [2.75, 3.05) is 6.61 Å². The summed E-state index contributed by atoms with van der Waals surface area (Å²) in [6.07, 6.45) is 9.75. The molecule has 0 aliphatic carbocycles. The Bertz CT molecular complexity index is 1030. The summed E-state index contributed by atoms with van der Waals surface area (Å²) in [5.41, 5.74) is 1.30. The SMILES string of the molecule is c1c[nH]c(C2(c3ccn[nH]3)C(c3ncc[nH]3)SC2(OC2CCO2)c2nccs2)c1. The minimum absolute atomic E-state index is 0.0411. The zero-order valence-electron chi connectivity index (χ0n) is 15.2. The van der Waals surface area contributed by atoms with Crippen LogP contribution >= 0.6 is 23.1 Å². The lowest BCUT2D eigenvalue weighted by atomic mass is 9.70. The highest BCUT2D eigenvalue weighted by atomic mass is 32.2. The molecule has 0 bridgehead atoms. The normalized spacial score (nSPS) is 31.3. The number of thioether (sulfide) groups is 1. The second-order valence-electron chi connectivity index (χ2n) is 7.00. The Labute approximate surface area is 174 Å². The minimum Gasteiger partial charge on any atom is -0.364 e. The first-order chi connectivity index (χ1) is 14.3. The van der Waals surface area contributed by atoms with E-state index in [4.69, 9.17) is 14.5 Å². The van der Waals surface area contributed by atoms with Gasteiger partial charge in [-0.2, -0.15) is 5.10 Å². The Hall–Kier alpha value is -2.40. The maximum atomic E-state index is 6.73. The van der Waals surface area contributed by atoms with Gasteiger partial charge >= 0.3 is 0 Å². The zero-order chi connectivity index (χ0) is 19.3. The van der Waals surface area contributed by atoms with Gasteiger partial charge < -0.3 is 19.4 Å². The fourth-order valence-electron chi connectivity index (χ4n) is 4.25. The lowest BCUT2D eigenvalue weighted by Gasteiger charge is -2.61. The van der Waals surface area contributed by atoms with Crippen molar-refractivity contribution in [3.8, 4) is 0 Å². The van der Waals surface area contributed by atoms with Gasteiger partial charge in [0.2, 0.25) is 0 Å². The molecule has 6 rings (SSSR count). The molecule has 2 saturated heterocycles. The Balaban J connectivity index is 1.62. The van der Waals surface area contributed by atoms with Gasteiger partial charge in [-0.1, -0.05) is 0 Å². The minimum atomic E-state index is -0.791. The molecular formula is C19H18N6O2S2. The predicted molar refractivity (Wildman–Crippen MR) is 108 cm³/mol. The third-order valence-electron chi connectivity index (χ3n) is 5.58. The number of rotatable bonds is 6. The van der Waals surface area contributed by atoms with Crippen LogP contribution in [0.5, 0.6) is 0 Å². The Kier molecular flexibility index (Phi) is 3.95. The van der Waals surface area contributed by atoms with Crippen molar-refractivity contribution in [3.63, 3.8) is 0 Å². The largest absolute Gasteiger partial charge is 0.364 e. The van der Waals surface area contributed by atoms with Gasteiger partial charge in [-0.25, -0.2) is 9.97 Å². The van der Waals surface area contributed by atoms with Crippen LogP contribution in [-0.4, -0.2) is 43.0 Å². The third kappa shape index (κ3) is 2.31. The topological polar surface area (TPSA) is 105 Å². The Morgan fingerprint density at radius 3 is 2.69 bits per heavy atom. The number of hydrogen-bond donors (Lipinski definition) is 3. The average Bonchev–Trinajstić information content (AvgIpc) is 3.49. The zero-order valence-corrected chi connectivity index (χ0v) is 16.9. The molecule has 10 heteroatoms. The van der Waals surface area contributed by atoms with E-state index in [9.17, 15) is 0 Å². The van der Waals surface area contributed by atoms with Gasteiger partial charge in [-0.05, 0) is 18.2 Å². The number of nitrogens with one attached hydrogen (secondary N) is 3. The second-order valence-corrected chi connectivity index (χ2v) is 9.17. The molecule has 0 radical (unpaired) electrons. The summed E-state index contributed by atoms with van der Waals surface area (Å²) in [6, 6.07) is 6.09. The second kappa shape index (κ2) is 6.56. The fraction of sp³-hybridized carbons (Fsp3) is 0.316. The van der Waals surface area contributed by atoms with E-state index in [1.54, 1.807) is 35.5 Å². The molecule has 0 aromatic carbocycles. The summed E-state index contributed by atoms with van der Waals surface area (Å²) in [6.45, 7) is 0.713. The standard InChI is InChI=1S/C19H18N6O2S2/c1-2-12(20-5-1)18(13-3-6-24-25-13)15(16-21-7-8-22-16)29-19(18,17-23-9-11-28-17)27-14-4-10-26-14/h1-3,5-9,11,14-15,20H,4,10H2,(H,21,22)(H,24,25). The predicted octanol–water partition coefficient (Wildman–Crippen LogP) is 3.31. The molecule has 3 N–H and O–H groups in total. The molecule has 4 atom stereocenters. The monoisotopic (exact) mass is 426 g/mol. The smallest absolute Gasteiger partial charge is 0.187 e. The number of aromatic amines is 3. The molecule has 0 spiro atoms. The molecule has 2 fully saturated rings. The quantitative estimate of drug-likeness (QED) is 0.437. The average molecular weight is 427 g/mol. The molecule has 2 aliphatic rings. The van der Waals surface area contributed by atoms with Crippen LogP contribution in [0.4, 0.5) is 0 Å². The van der Waals surface area contributed by atoms with Crippen LogP contribution in [-0.2, 0) is 19.8 Å². The van der Waals surface area contributed by atoms with Gasteiger partial charge in [0, 0.05) is 48.5 Å². The van der Waals surface area contributed by atoms with Crippen LogP contribution < -0.4 is 0 Å². The number of ether oxygens (including phenoxy) is 2. The van der Waals surface area contributed by atoms with Gasteiger partial charge in [-0.3, -0.25) is 5.10 Å². The van der Waals surface area contributed by atoms with Crippen molar-refractivity contribution in [1.29, 1.82) is 0 Å². The van der Waals surface area contributed by atoms with Gasteiger partial charge in [0.05, 0.1) is 17.6 Å². The molecule has 0 amide bonds. The summed E-state index contributed by atoms with van der Waals surface area (Å²) in [7, 11) is 0. The van der Waals surface area contributed by atoms with Crippen molar-refractivity contribution < 1.29 is 9.47 Å². The van der Waals surface area contributed by atoms with Crippen LogP contribution in [0.3, 0.4) is 0 Å². The number of H-pyrrole nitrogens is 3. The summed E-state index contributed by atoms with van der Waals surface area (Å²) >= 11 is 3.29. The van der Waals surface area contributed by atoms with Crippen molar-refractivity contribution in [3.05, 3.63) is 76.8 Å². The van der Waals surface area contributed by atoms with E-state index >= 15 is 0 Å². The molecular weight excluding hydrogens is 408 g/mol. The maximum Gasteiger partial charge on any atom is 0.187 e. The highest BCUT2D eigenvalue weighted by Gasteiger charge is 2.75. The maximum absolute atomic E-state index is 6.73. The van der Waals surface area contributed by atoms with Crippen LogP contribution in [0, 0.1) is 0 Å². The van der Waals surface area contributed by atoms with E-state index in [0.29, 0.717) is 6.61 Å². The van der Waals surface area contributed by atoms with Gasteiger partial charge in [-0.15, -0.1) is 23.1 Å². The Morgan fingerprint density at radius 1 is 1.10 bits per heavy atom. The van der Waals surface area contributed by atoms with E-state index in [-0.39, 0.29) is 11.5 Å². The molecule has 4 unspecified atom stereocenters. The molecule has 2 aliphatic heterocycles. The summed E-state index contributed by atoms with van der Waals surface area (Å²) in [5, 5.41) is 10.3. The van der Waals surface area contributed by atoms with E-state index in [0.717, 1.165) is 28.6 Å². The number of aromatic nitrogens is 6. The van der Waals surface area contributed by atoms with Crippen LogP contribution in [0.25, 0.3) is 0 Å². The first kappa shape index (κ1) is 17.5. The molecule has 6 heterocycles. The van der Waals surface area contributed by atoms with E-state index in [1.165, 1.54) is 0 Å². The first-order valence-electron chi connectivity index (χ1n) is 9.35. The third-order valence-corrected chi connectivity index (χ3v) is 8.34. The number of imidazole rings is 1. The molecule has 8 nitrogen and oxygen atoms in total. The van der Waals surface area contributed by atoms with Crippen molar-refractivity contribution in [1.82, 2.24) is 30.1 Å². The lowest BCUT2D eigenvalue weighted by Crippen LogP contribution is -2.63. The summed E-state index contributed by atoms with van der Waals surface area (Å²) in [4.78, 5) is 15.2. The van der Waals surface area contributed by atoms with Gasteiger partial charge in [0.25, 0.3) is 0 Å². The number of hydrogen-bond acceptors (Lipinski definition) is 7. The molecule has 4 aromatic heterocycles. The summed E-state index contributed by atoms with van der Waals surface area (Å²) < 4.78 is 12.4. The van der Waals surface area contributed by atoms with E-state index in [1.807, 2.05) is 36.1 Å². The Morgan fingerprint density at radius 2 is 2.07 bits per heavy atom. The van der Waals surface area contributed by atoms with Crippen LogP contribution in [0.1, 0.15) is 33.9 Å². The summed E-state index contributed by atoms with van der Waals surface area (Å²) in [5.74, 6) is 0.879. The molecule has 148 valence electrons. The van der Waals surface area contributed by atoms with E-state index < -0.39 is 10.3 Å². The van der Waals surface area contributed by atoms with Crippen molar-refractivity contribution >= 4 is 23.1 Å². The van der Waals surface area contributed by atoms with Gasteiger partial charge in [0.1, 0.15) is 16.2 Å². The highest BCUT2D eigenvalue weighted by molar-refractivity contribution is 8.02. The van der Waals surface area contributed by atoms with Crippen molar-refractivity contribution in [2.24, 2.45) is 0 Å². The van der Waals surface area contributed by atoms with E-state index in [2.05, 4.69) is 31.2 Å². The number of nitrogens with zero attached hydrogens (tertiary/aromatic N) is 3. The fourth-order valence-corrected chi connectivity index (χ4v) is 7.09. The first-order valence-corrected chi connectivity index (χ1v) is 11.1. The molecule has 0 saturated carbocycles. The van der Waals surface area contributed by atoms with Crippen LogP contribution in [0.15, 0.2) is 54.6 Å². The molecule has 4 aromatic rings. The molecule has 29 heavy (non-hydrogen) atoms. The highest BCUT2D eigenvalue weighted by Crippen LogP contribution is 2.76. The van der Waals surface area contributed by atoms with Crippen LogP contribution in [0.2, 0.25) is 0 Å². The van der Waals surface area contributed by atoms with Crippen molar-refractivity contribution in [2.45, 2.75) is 28.3 Å². The number of thiazole rings is 1. The van der Waals surface area contributed by atoms with Gasteiger partial charge in [0.15, 0.2) is 11.2 Å².